The van der Waals surface area contributed by atoms with Gasteiger partial charge in [0.1, 0.15) is 0 Å². The molecule has 0 unspecified atom stereocenters. The third-order valence-corrected chi connectivity index (χ3v) is 1.89. The van der Waals surface area contributed by atoms with Crippen molar-refractivity contribution >= 4 is 0 Å². The molecule has 0 aromatic rings. The van der Waals surface area contributed by atoms with E-state index >= 15 is 0 Å². The molecule has 1 nitrogen and oxygen atoms in total. The zero-order valence-electron chi connectivity index (χ0n) is 7.22. The molecule has 0 aliphatic rings. The lowest BCUT2D eigenvalue weighted by molar-refractivity contribution is 0.0825. The van der Waals surface area contributed by atoms with Gasteiger partial charge in [0.15, 0.2) is 0 Å². The first-order valence-corrected chi connectivity index (χ1v) is 4.08. The van der Waals surface area contributed by atoms with Crippen LogP contribution in [-0.4, -0.2) is 10.7 Å². The summed E-state index contributed by atoms with van der Waals surface area (Å²) in [6.45, 7) is 6.08. The first-order chi connectivity index (χ1) is 4.68. The minimum Gasteiger partial charge on any atom is -0.386 e. The van der Waals surface area contributed by atoms with Gasteiger partial charge in [0.2, 0.25) is 0 Å². The second kappa shape index (κ2) is 4.51. The van der Waals surface area contributed by atoms with Crippen molar-refractivity contribution in [1.82, 2.24) is 0 Å². The predicted octanol–water partition coefficient (Wildman–Crippen LogP) is 2.50. The van der Waals surface area contributed by atoms with Crippen LogP contribution in [0.2, 0.25) is 0 Å². The molecule has 60 valence electrons. The molecular formula is C9H18O. The van der Waals surface area contributed by atoms with E-state index in [-0.39, 0.29) is 0 Å². The average molecular weight is 142 g/mol. The standard InChI is InChI=1S/C9H18O/c1-4-7-8-9(10,5-2)6-3/h7-8,10H,4-6H2,1-3H3/b8-7+. The van der Waals surface area contributed by atoms with Crippen molar-refractivity contribution in [3.05, 3.63) is 12.2 Å². The summed E-state index contributed by atoms with van der Waals surface area (Å²) in [4.78, 5) is 0. The number of hydrogen-bond donors (Lipinski definition) is 1. The highest BCUT2D eigenvalue weighted by molar-refractivity contribution is 4.98. The molecule has 0 saturated heterocycles. The van der Waals surface area contributed by atoms with Crippen LogP contribution < -0.4 is 0 Å². The molecule has 1 heteroatoms. The summed E-state index contributed by atoms with van der Waals surface area (Å²) in [5.41, 5.74) is -0.546. The summed E-state index contributed by atoms with van der Waals surface area (Å²) in [6.07, 6.45) is 6.54. The van der Waals surface area contributed by atoms with Gasteiger partial charge in [-0.3, -0.25) is 0 Å². The normalized spacial score (nSPS) is 12.8. The zero-order chi connectivity index (χ0) is 8.04. The van der Waals surface area contributed by atoms with Gasteiger partial charge >= 0.3 is 0 Å². The van der Waals surface area contributed by atoms with E-state index < -0.39 is 5.60 Å². The van der Waals surface area contributed by atoms with Gasteiger partial charge in [-0.05, 0) is 19.3 Å². The lowest BCUT2D eigenvalue weighted by Gasteiger charge is -2.19. The molecule has 0 aliphatic carbocycles. The molecule has 0 heterocycles. The summed E-state index contributed by atoms with van der Waals surface area (Å²) in [6, 6.07) is 0. The molecule has 0 atom stereocenters. The van der Waals surface area contributed by atoms with Crippen LogP contribution in [0.5, 0.6) is 0 Å². The largest absolute Gasteiger partial charge is 0.386 e. The zero-order valence-corrected chi connectivity index (χ0v) is 7.22. The Kier molecular flexibility index (Phi) is 4.37. The van der Waals surface area contributed by atoms with Gasteiger partial charge in [-0.15, -0.1) is 0 Å². The van der Waals surface area contributed by atoms with Crippen molar-refractivity contribution in [3.63, 3.8) is 0 Å². The van der Waals surface area contributed by atoms with Gasteiger partial charge in [-0.2, -0.15) is 0 Å². The molecule has 0 aromatic heterocycles. The van der Waals surface area contributed by atoms with E-state index in [9.17, 15) is 5.11 Å². The number of rotatable bonds is 4. The highest BCUT2D eigenvalue weighted by Gasteiger charge is 2.16. The Morgan fingerprint density at radius 1 is 1.20 bits per heavy atom. The van der Waals surface area contributed by atoms with E-state index in [1.807, 2.05) is 26.0 Å². The van der Waals surface area contributed by atoms with E-state index in [4.69, 9.17) is 0 Å². The van der Waals surface area contributed by atoms with E-state index in [0.29, 0.717) is 0 Å². The molecule has 0 aliphatic heterocycles. The Labute approximate surface area is 63.8 Å². The van der Waals surface area contributed by atoms with Gasteiger partial charge in [-0.1, -0.05) is 32.9 Å². The Morgan fingerprint density at radius 3 is 2.00 bits per heavy atom. The van der Waals surface area contributed by atoms with Crippen molar-refractivity contribution in [1.29, 1.82) is 0 Å². The Hall–Kier alpha value is -0.300. The molecule has 0 aromatic carbocycles. The fourth-order valence-electron chi connectivity index (χ4n) is 0.823. The van der Waals surface area contributed by atoms with Crippen molar-refractivity contribution in [2.24, 2.45) is 0 Å². The summed E-state index contributed by atoms with van der Waals surface area (Å²) >= 11 is 0. The van der Waals surface area contributed by atoms with E-state index in [2.05, 4.69) is 6.92 Å². The second-order valence-electron chi connectivity index (χ2n) is 2.62. The van der Waals surface area contributed by atoms with Crippen molar-refractivity contribution in [2.75, 3.05) is 0 Å². The number of hydrogen-bond acceptors (Lipinski definition) is 1. The number of allylic oxidation sites excluding steroid dienone is 1. The highest BCUT2D eigenvalue weighted by Crippen LogP contribution is 2.15. The molecule has 0 rings (SSSR count). The molecule has 10 heavy (non-hydrogen) atoms. The SMILES string of the molecule is CC/C=C/C(O)(CC)CC. The molecule has 0 bridgehead atoms. The average Bonchev–Trinajstić information content (AvgIpc) is 2.00. The monoisotopic (exact) mass is 142 g/mol. The van der Waals surface area contributed by atoms with Crippen LogP contribution >= 0.6 is 0 Å². The third-order valence-electron chi connectivity index (χ3n) is 1.89. The smallest absolute Gasteiger partial charge is 0.0822 e. The second-order valence-corrected chi connectivity index (χ2v) is 2.62. The van der Waals surface area contributed by atoms with Crippen LogP contribution in [0.3, 0.4) is 0 Å². The highest BCUT2D eigenvalue weighted by atomic mass is 16.3. The van der Waals surface area contributed by atoms with Crippen LogP contribution in [0.25, 0.3) is 0 Å². The van der Waals surface area contributed by atoms with E-state index in [0.717, 1.165) is 19.3 Å². The minimum absolute atomic E-state index is 0.546. The molecule has 1 N–H and O–H groups in total. The summed E-state index contributed by atoms with van der Waals surface area (Å²) in [5, 5.41) is 9.67. The summed E-state index contributed by atoms with van der Waals surface area (Å²) in [5.74, 6) is 0. The third kappa shape index (κ3) is 3.02. The quantitative estimate of drug-likeness (QED) is 0.598. The van der Waals surface area contributed by atoms with Crippen molar-refractivity contribution in [2.45, 2.75) is 45.6 Å². The number of aliphatic hydroxyl groups is 1. The summed E-state index contributed by atoms with van der Waals surface area (Å²) in [7, 11) is 0. The topological polar surface area (TPSA) is 20.2 Å². The molecule has 0 fully saturated rings. The van der Waals surface area contributed by atoms with Crippen molar-refractivity contribution in [3.8, 4) is 0 Å². The molecular weight excluding hydrogens is 124 g/mol. The van der Waals surface area contributed by atoms with E-state index in [1.165, 1.54) is 0 Å². The lowest BCUT2D eigenvalue weighted by atomic mass is 9.97. The van der Waals surface area contributed by atoms with Gasteiger partial charge in [0, 0.05) is 0 Å². The minimum atomic E-state index is -0.546. The summed E-state index contributed by atoms with van der Waals surface area (Å²) < 4.78 is 0. The van der Waals surface area contributed by atoms with Crippen LogP contribution in [0.15, 0.2) is 12.2 Å². The van der Waals surface area contributed by atoms with Gasteiger partial charge in [0.05, 0.1) is 5.60 Å². The molecule has 0 amide bonds. The van der Waals surface area contributed by atoms with Crippen LogP contribution in [0, 0.1) is 0 Å². The first-order valence-electron chi connectivity index (χ1n) is 4.08. The van der Waals surface area contributed by atoms with Crippen LogP contribution in [0.1, 0.15) is 40.0 Å². The maximum absolute atomic E-state index is 9.67. The molecule has 0 spiro atoms. The lowest BCUT2D eigenvalue weighted by Crippen LogP contribution is -2.22. The predicted molar refractivity (Wildman–Crippen MR) is 45.0 cm³/mol. The Bertz CT molecular complexity index is 101. The Balaban J connectivity index is 3.92. The fraction of sp³-hybridized carbons (Fsp3) is 0.778. The van der Waals surface area contributed by atoms with Gasteiger partial charge in [-0.25, -0.2) is 0 Å². The fourth-order valence-corrected chi connectivity index (χ4v) is 0.823. The van der Waals surface area contributed by atoms with Crippen molar-refractivity contribution < 1.29 is 5.11 Å². The Morgan fingerprint density at radius 2 is 1.70 bits per heavy atom. The van der Waals surface area contributed by atoms with Gasteiger partial charge in [0.25, 0.3) is 0 Å². The van der Waals surface area contributed by atoms with E-state index in [1.54, 1.807) is 0 Å². The maximum atomic E-state index is 9.67. The first kappa shape index (κ1) is 9.70. The maximum Gasteiger partial charge on any atom is 0.0822 e. The molecule has 0 saturated carbocycles. The molecule has 0 radical (unpaired) electrons. The van der Waals surface area contributed by atoms with Crippen LogP contribution in [-0.2, 0) is 0 Å². The van der Waals surface area contributed by atoms with Crippen LogP contribution in [0.4, 0.5) is 0 Å². The van der Waals surface area contributed by atoms with Gasteiger partial charge < -0.3 is 5.11 Å².